The minimum Gasteiger partial charge on any atom is -0.335 e. The van der Waals surface area contributed by atoms with Gasteiger partial charge >= 0.3 is 0 Å². The van der Waals surface area contributed by atoms with E-state index in [1.807, 2.05) is 4.90 Å². The van der Waals surface area contributed by atoms with Crippen molar-refractivity contribution >= 4 is 5.91 Å². The van der Waals surface area contributed by atoms with Crippen molar-refractivity contribution in [3.8, 4) is 5.95 Å². The lowest BCUT2D eigenvalue weighted by Crippen LogP contribution is -2.65. The smallest absolute Gasteiger partial charge is 0.291 e. The molecular formula is C19H29N9O. The third kappa shape index (κ3) is 3.44. The molecule has 0 unspecified atom stereocenters. The van der Waals surface area contributed by atoms with Gasteiger partial charge in [0.25, 0.3) is 11.9 Å². The average Bonchev–Trinajstić information content (AvgIpc) is 3.42. The Morgan fingerprint density at radius 1 is 1.21 bits per heavy atom. The fourth-order valence-electron chi connectivity index (χ4n) is 5.62. The summed E-state index contributed by atoms with van der Waals surface area (Å²) in [5.74, 6) is 1.68. The molecule has 5 rings (SSSR count). The van der Waals surface area contributed by atoms with Gasteiger partial charge in [0.15, 0.2) is 0 Å². The molecule has 0 radical (unpaired) electrons. The van der Waals surface area contributed by atoms with Gasteiger partial charge in [0.05, 0.1) is 0 Å². The van der Waals surface area contributed by atoms with E-state index >= 15 is 0 Å². The first-order valence-electron chi connectivity index (χ1n) is 10.6. The van der Waals surface area contributed by atoms with Crippen molar-refractivity contribution in [3.05, 3.63) is 18.5 Å². The van der Waals surface area contributed by atoms with Crippen LogP contribution in [0.1, 0.15) is 36.3 Å². The lowest BCUT2D eigenvalue weighted by Gasteiger charge is -2.57. The molecule has 0 saturated carbocycles. The Kier molecular flexibility index (Phi) is 4.83. The number of carbonyl (C=O) groups excluding carboxylic acids is 1. The second-order valence-electron chi connectivity index (χ2n) is 8.95. The molecule has 2 aromatic heterocycles. The zero-order valence-corrected chi connectivity index (χ0v) is 17.1. The van der Waals surface area contributed by atoms with Crippen LogP contribution in [-0.2, 0) is 0 Å². The molecule has 4 atom stereocenters. The number of aromatic amines is 1. The minimum absolute atomic E-state index is 0.0561. The summed E-state index contributed by atoms with van der Waals surface area (Å²) in [6, 6.07) is 1.12. The molecule has 1 amide bonds. The van der Waals surface area contributed by atoms with Gasteiger partial charge in [-0.2, -0.15) is 4.98 Å². The molecule has 3 aliphatic heterocycles. The van der Waals surface area contributed by atoms with Crippen LogP contribution in [-0.4, -0.2) is 103 Å². The van der Waals surface area contributed by atoms with Crippen molar-refractivity contribution in [1.29, 1.82) is 0 Å². The summed E-state index contributed by atoms with van der Waals surface area (Å²) in [7, 11) is 4.30. The number of nitrogens with zero attached hydrogens (tertiary/aromatic N) is 8. The molecule has 3 aliphatic rings. The van der Waals surface area contributed by atoms with Crippen molar-refractivity contribution in [2.24, 2.45) is 11.8 Å². The number of piperidine rings is 3. The van der Waals surface area contributed by atoms with Gasteiger partial charge in [0, 0.05) is 31.7 Å². The maximum atomic E-state index is 13.2. The number of rotatable bonds is 4. The van der Waals surface area contributed by atoms with Crippen LogP contribution in [0.5, 0.6) is 0 Å². The topological polar surface area (TPSA) is 99.1 Å². The molecule has 3 saturated heterocycles. The summed E-state index contributed by atoms with van der Waals surface area (Å²) in [6.45, 7) is 3.86. The summed E-state index contributed by atoms with van der Waals surface area (Å²) < 4.78 is 1.59. The van der Waals surface area contributed by atoms with Crippen LogP contribution in [0.2, 0.25) is 0 Å². The highest BCUT2D eigenvalue weighted by Gasteiger charge is 2.48. The number of aromatic nitrogens is 6. The van der Waals surface area contributed by atoms with Gasteiger partial charge in [-0.25, -0.2) is 0 Å². The maximum absolute atomic E-state index is 13.2. The minimum atomic E-state index is -0.0561. The first kappa shape index (κ1) is 18.7. The van der Waals surface area contributed by atoms with Crippen LogP contribution in [0.3, 0.4) is 0 Å². The molecule has 10 nitrogen and oxygen atoms in total. The van der Waals surface area contributed by atoms with Crippen LogP contribution in [0.15, 0.2) is 12.7 Å². The number of hydrogen-bond donors (Lipinski definition) is 1. The second kappa shape index (κ2) is 7.49. The van der Waals surface area contributed by atoms with Crippen LogP contribution in [0.25, 0.3) is 5.95 Å². The first-order chi connectivity index (χ1) is 14.1. The summed E-state index contributed by atoms with van der Waals surface area (Å²) in [4.78, 5) is 24.7. The summed E-state index contributed by atoms with van der Waals surface area (Å²) >= 11 is 0. The number of likely N-dealkylation sites (N-methyl/N-ethyl adjacent to an activating group) is 1. The molecule has 156 valence electrons. The number of amides is 1. The fourth-order valence-corrected chi connectivity index (χ4v) is 5.62. The highest BCUT2D eigenvalue weighted by atomic mass is 16.2. The third-order valence-corrected chi connectivity index (χ3v) is 6.79. The van der Waals surface area contributed by atoms with Gasteiger partial charge in [-0.15, -0.1) is 15.3 Å². The van der Waals surface area contributed by atoms with E-state index in [0.717, 1.165) is 19.6 Å². The number of H-pyrrole nitrogens is 1. The number of nitrogens with one attached hydrogen (secondary N) is 1. The van der Waals surface area contributed by atoms with E-state index < -0.39 is 0 Å². The molecule has 10 heteroatoms. The lowest BCUT2D eigenvalue weighted by molar-refractivity contribution is -0.0704. The van der Waals surface area contributed by atoms with Gasteiger partial charge in [-0.05, 0) is 51.7 Å². The summed E-state index contributed by atoms with van der Waals surface area (Å²) in [6.07, 6.45) is 8.12. The third-order valence-electron chi connectivity index (χ3n) is 6.79. The van der Waals surface area contributed by atoms with Crippen LogP contribution in [0.4, 0.5) is 0 Å². The van der Waals surface area contributed by atoms with E-state index in [9.17, 15) is 4.79 Å². The predicted molar refractivity (Wildman–Crippen MR) is 105 cm³/mol. The number of likely N-dealkylation sites (tertiary alicyclic amines) is 1. The van der Waals surface area contributed by atoms with Gasteiger partial charge in [0.1, 0.15) is 12.7 Å². The highest BCUT2D eigenvalue weighted by Crippen LogP contribution is 2.41. The SMILES string of the molecule is CN(C)C[C@H]1[C@H]2C[C@H](CN(C(=O)c3nc(-n4cnnc4)n[nH]3)C2)[C@@H]2CCCCN21. The van der Waals surface area contributed by atoms with Gasteiger partial charge in [-0.1, -0.05) is 6.42 Å². The van der Waals surface area contributed by atoms with E-state index in [1.165, 1.54) is 44.9 Å². The molecule has 29 heavy (non-hydrogen) atoms. The molecule has 3 fully saturated rings. The predicted octanol–water partition coefficient (Wildman–Crippen LogP) is 0.262. The molecule has 0 aromatic carbocycles. The van der Waals surface area contributed by atoms with Crippen molar-refractivity contribution in [3.63, 3.8) is 0 Å². The van der Waals surface area contributed by atoms with Crippen LogP contribution >= 0.6 is 0 Å². The lowest BCUT2D eigenvalue weighted by atomic mass is 9.72. The standard InChI is InChI=1S/C19H29N9O/c1-25(2)10-16-14-7-13(15-5-3-4-6-28(15)16)8-26(9-14)18(29)17-22-19(24-23-17)27-11-20-21-12-27/h11-16H,3-10H2,1-2H3,(H,22,23,24)/t13-,14+,15+,16+/m1/s1. The maximum Gasteiger partial charge on any atom is 0.291 e. The second-order valence-corrected chi connectivity index (χ2v) is 8.95. The Bertz CT molecular complexity index is 848. The normalized spacial score (nSPS) is 29.8. The quantitative estimate of drug-likeness (QED) is 0.787. The molecule has 1 N–H and O–H groups in total. The summed E-state index contributed by atoms with van der Waals surface area (Å²) in [5, 5.41) is 14.5. The molecule has 5 heterocycles. The van der Waals surface area contributed by atoms with E-state index in [0.29, 0.717) is 35.7 Å². The molecule has 0 aliphatic carbocycles. The van der Waals surface area contributed by atoms with Gasteiger partial charge in [0.2, 0.25) is 5.82 Å². The zero-order valence-electron chi connectivity index (χ0n) is 17.1. The van der Waals surface area contributed by atoms with Crippen LogP contribution < -0.4 is 0 Å². The highest BCUT2D eigenvalue weighted by molar-refractivity contribution is 5.90. The fraction of sp³-hybridized carbons (Fsp3) is 0.737. The Balaban J connectivity index is 1.36. The average molecular weight is 400 g/mol. The van der Waals surface area contributed by atoms with E-state index in [4.69, 9.17) is 0 Å². The summed E-state index contributed by atoms with van der Waals surface area (Å²) in [5.41, 5.74) is 0. The molecular weight excluding hydrogens is 370 g/mol. The Labute approximate surface area is 170 Å². The van der Waals surface area contributed by atoms with Crippen molar-refractivity contribution < 1.29 is 4.79 Å². The number of hydrogen-bond acceptors (Lipinski definition) is 7. The van der Waals surface area contributed by atoms with Crippen LogP contribution in [0, 0.1) is 11.8 Å². The molecule has 2 aromatic rings. The largest absolute Gasteiger partial charge is 0.335 e. The number of fused-ring (bicyclic) bond motifs is 4. The Morgan fingerprint density at radius 2 is 2.00 bits per heavy atom. The number of carbonyl (C=O) groups is 1. The molecule has 2 bridgehead atoms. The van der Waals surface area contributed by atoms with E-state index in [-0.39, 0.29) is 5.91 Å². The molecule has 0 spiro atoms. The first-order valence-corrected chi connectivity index (χ1v) is 10.6. The van der Waals surface area contributed by atoms with E-state index in [2.05, 4.69) is 49.3 Å². The van der Waals surface area contributed by atoms with Gasteiger partial charge < -0.3 is 9.80 Å². The monoisotopic (exact) mass is 399 g/mol. The Morgan fingerprint density at radius 3 is 2.79 bits per heavy atom. The van der Waals surface area contributed by atoms with Gasteiger partial charge in [-0.3, -0.25) is 19.4 Å². The Hall–Kier alpha value is -2.33. The zero-order chi connectivity index (χ0) is 20.0. The van der Waals surface area contributed by atoms with Crippen molar-refractivity contribution in [2.75, 3.05) is 40.3 Å². The van der Waals surface area contributed by atoms with Crippen molar-refractivity contribution in [1.82, 2.24) is 44.6 Å². The van der Waals surface area contributed by atoms with Crippen molar-refractivity contribution in [2.45, 2.75) is 37.8 Å². The van der Waals surface area contributed by atoms with E-state index in [1.54, 1.807) is 4.57 Å².